The van der Waals surface area contributed by atoms with Crippen molar-refractivity contribution < 1.29 is 58.5 Å². The van der Waals surface area contributed by atoms with Crippen LogP contribution in [-0.2, 0) is 49.6 Å². The fraction of sp³-hybridized carbons (Fsp3) is 0.595. The number of aromatic hydroxyl groups is 1. The molecule has 21 heteroatoms. The van der Waals surface area contributed by atoms with Gasteiger partial charge in [-0.1, -0.05) is 46.2 Å². The lowest BCUT2D eigenvalue weighted by Gasteiger charge is -2.32. The molecule has 21 nitrogen and oxygen atoms in total. The number of aliphatic hydroxyl groups is 1. The molecule has 1 heterocycles. The molecule has 0 spiro atoms. The summed E-state index contributed by atoms with van der Waals surface area (Å²) in [6.07, 6.45) is -0.760. The number of nitrogens with one attached hydrogen (secondary N) is 5. The average molecular weight is 820 g/mol. The van der Waals surface area contributed by atoms with Crippen LogP contribution in [0.2, 0.25) is 0 Å². The number of rotatable bonds is 23. The van der Waals surface area contributed by atoms with Crippen molar-refractivity contribution in [3.63, 3.8) is 0 Å². The summed E-state index contributed by atoms with van der Waals surface area (Å²) in [5, 5.41) is 41.0. The molecule has 1 aromatic carbocycles. The van der Waals surface area contributed by atoms with E-state index >= 15 is 0 Å². The van der Waals surface area contributed by atoms with Crippen LogP contribution >= 0.6 is 0 Å². The van der Waals surface area contributed by atoms with Gasteiger partial charge in [0.2, 0.25) is 47.3 Å². The number of likely N-dealkylation sites (tertiary alicyclic amines) is 1. The highest BCUT2D eigenvalue weighted by atomic mass is 16.4. The highest BCUT2D eigenvalue weighted by Gasteiger charge is 2.41. The Hall–Kier alpha value is -5.83. The largest absolute Gasteiger partial charge is 0.508 e. The lowest BCUT2D eigenvalue weighted by molar-refractivity contribution is -0.145. The third-order valence-electron chi connectivity index (χ3n) is 9.74. The van der Waals surface area contributed by atoms with Gasteiger partial charge in [-0.2, -0.15) is 0 Å². The Morgan fingerprint density at radius 2 is 1.38 bits per heavy atom. The first kappa shape index (κ1) is 48.3. The molecule has 1 aliphatic heterocycles. The quantitative estimate of drug-likeness (QED) is 0.0514. The van der Waals surface area contributed by atoms with Gasteiger partial charge in [-0.25, -0.2) is 4.79 Å². The molecule has 1 aliphatic rings. The molecule has 8 unspecified atom stereocenters. The van der Waals surface area contributed by atoms with Crippen LogP contribution in [0.1, 0.15) is 71.8 Å². The number of phenols is 1. The molecular formula is C37H57N9O12. The molecule has 0 radical (unpaired) electrons. The van der Waals surface area contributed by atoms with Crippen molar-refractivity contribution in [2.45, 2.75) is 115 Å². The van der Waals surface area contributed by atoms with Crippen LogP contribution in [0.25, 0.3) is 0 Å². The van der Waals surface area contributed by atoms with Gasteiger partial charge in [0.15, 0.2) is 0 Å². The second-order valence-corrected chi connectivity index (χ2v) is 14.6. The van der Waals surface area contributed by atoms with Gasteiger partial charge < -0.3 is 64.0 Å². The van der Waals surface area contributed by atoms with Crippen molar-refractivity contribution in [3.05, 3.63) is 29.8 Å². The Balaban J connectivity index is 2.43. The summed E-state index contributed by atoms with van der Waals surface area (Å²) in [6, 6.07) is -3.96. The Labute approximate surface area is 335 Å². The number of carbonyl (C=O) groups is 9. The Morgan fingerprint density at radius 3 is 1.91 bits per heavy atom. The number of aliphatic hydroxyl groups excluding tert-OH is 1. The minimum atomic E-state index is -1.73. The van der Waals surface area contributed by atoms with Crippen molar-refractivity contribution in [3.8, 4) is 5.75 Å². The number of carbonyl (C=O) groups excluding carboxylic acids is 8. The molecule has 2 rings (SSSR count). The van der Waals surface area contributed by atoms with Crippen molar-refractivity contribution in [1.82, 2.24) is 31.5 Å². The number of benzene rings is 1. The maximum atomic E-state index is 14.3. The fourth-order valence-corrected chi connectivity index (χ4v) is 6.15. The van der Waals surface area contributed by atoms with Crippen molar-refractivity contribution >= 4 is 53.2 Å². The zero-order valence-electron chi connectivity index (χ0n) is 33.1. The monoisotopic (exact) mass is 819 g/mol. The second-order valence-electron chi connectivity index (χ2n) is 14.6. The van der Waals surface area contributed by atoms with E-state index in [1.54, 1.807) is 27.7 Å². The van der Waals surface area contributed by atoms with Crippen molar-refractivity contribution in [2.24, 2.45) is 29.0 Å². The number of aliphatic carboxylic acids is 1. The molecule has 1 fully saturated rings. The summed E-state index contributed by atoms with van der Waals surface area (Å²) < 4.78 is 0. The van der Waals surface area contributed by atoms with E-state index in [0.29, 0.717) is 18.4 Å². The summed E-state index contributed by atoms with van der Waals surface area (Å²) in [4.78, 5) is 118. The molecule has 58 heavy (non-hydrogen) atoms. The van der Waals surface area contributed by atoms with Crippen molar-refractivity contribution in [2.75, 3.05) is 13.2 Å². The molecule has 8 atom stereocenters. The summed E-state index contributed by atoms with van der Waals surface area (Å²) in [5.41, 5.74) is 16.6. The minimum Gasteiger partial charge on any atom is -0.508 e. The zero-order chi connectivity index (χ0) is 43.9. The molecule has 1 saturated heterocycles. The van der Waals surface area contributed by atoms with Gasteiger partial charge in [-0.15, -0.1) is 0 Å². The number of carboxylic acids is 1. The Kier molecular flexibility index (Phi) is 19.0. The topological polar surface area (TPSA) is 356 Å². The smallest absolute Gasteiger partial charge is 0.326 e. The van der Waals surface area contributed by atoms with Gasteiger partial charge in [0, 0.05) is 19.4 Å². The van der Waals surface area contributed by atoms with Gasteiger partial charge in [0.25, 0.3) is 0 Å². The molecule has 0 bridgehead atoms. The maximum Gasteiger partial charge on any atom is 0.326 e. The Bertz CT molecular complexity index is 1660. The number of primary amides is 2. The first-order valence-corrected chi connectivity index (χ1v) is 19.0. The molecule has 8 amide bonds. The zero-order valence-corrected chi connectivity index (χ0v) is 33.1. The first-order chi connectivity index (χ1) is 27.2. The summed E-state index contributed by atoms with van der Waals surface area (Å²) >= 11 is 0. The lowest BCUT2D eigenvalue weighted by atomic mass is 9.96. The average Bonchev–Trinajstić information content (AvgIpc) is 3.66. The van der Waals surface area contributed by atoms with E-state index in [1.807, 2.05) is 0 Å². The van der Waals surface area contributed by atoms with E-state index in [2.05, 4.69) is 26.6 Å². The van der Waals surface area contributed by atoms with Gasteiger partial charge in [-0.05, 0) is 48.8 Å². The number of amides is 8. The molecule has 322 valence electrons. The summed E-state index contributed by atoms with van der Waals surface area (Å²) in [5.74, 6) is -9.35. The van der Waals surface area contributed by atoms with Gasteiger partial charge in [0.05, 0.1) is 13.0 Å². The number of hydrogen-bond donors (Lipinski definition) is 11. The minimum absolute atomic E-state index is 0.0617. The lowest BCUT2D eigenvalue weighted by Crippen LogP contribution is -2.61. The van der Waals surface area contributed by atoms with Crippen LogP contribution in [0.5, 0.6) is 5.75 Å². The molecule has 0 aliphatic carbocycles. The number of hydrogen-bond acceptors (Lipinski definition) is 12. The van der Waals surface area contributed by atoms with Crippen LogP contribution < -0.4 is 43.8 Å². The van der Waals surface area contributed by atoms with E-state index in [0.717, 1.165) is 0 Å². The summed E-state index contributed by atoms with van der Waals surface area (Å²) in [7, 11) is 0. The number of nitrogens with two attached hydrogens (primary N) is 3. The molecular weight excluding hydrogens is 762 g/mol. The fourth-order valence-electron chi connectivity index (χ4n) is 6.15. The molecule has 1 aromatic rings. The van der Waals surface area contributed by atoms with E-state index in [-0.39, 0.29) is 31.6 Å². The normalized spacial score (nSPS) is 17.4. The van der Waals surface area contributed by atoms with E-state index < -0.39 is 127 Å². The van der Waals surface area contributed by atoms with Gasteiger partial charge in [-0.3, -0.25) is 38.4 Å². The third-order valence-corrected chi connectivity index (χ3v) is 9.74. The van der Waals surface area contributed by atoms with Gasteiger partial charge >= 0.3 is 5.97 Å². The second kappa shape index (κ2) is 22.8. The molecule has 0 aromatic heterocycles. The third kappa shape index (κ3) is 14.6. The number of phenolic OH excluding ortho intramolecular Hbond substituents is 1. The molecule has 14 N–H and O–H groups in total. The first-order valence-electron chi connectivity index (χ1n) is 19.0. The number of nitrogens with zero attached hydrogens (tertiary/aromatic N) is 1. The van der Waals surface area contributed by atoms with Crippen LogP contribution in [0.4, 0.5) is 0 Å². The Morgan fingerprint density at radius 1 is 0.793 bits per heavy atom. The highest BCUT2D eigenvalue weighted by molar-refractivity contribution is 5.98. The maximum absolute atomic E-state index is 14.3. The van der Waals surface area contributed by atoms with Gasteiger partial charge in [0.1, 0.15) is 48.0 Å². The number of carboxylic acid groups (broad SMARTS) is 1. The van der Waals surface area contributed by atoms with E-state index in [1.165, 1.54) is 29.2 Å². The van der Waals surface area contributed by atoms with Crippen LogP contribution in [0.15, 0.2) is 24.3 Å². The van der Waals surface area contributed by atoms with E-state index in [9.17, 15) is 58.5 Å². The standard InChI is InChI=1S/C37H57N9O12/c1-5-19(4)30(35(55)44-29(18(2)3)37(57)58)45-34(54)26-7-6-14-46(26)36(56)25(15-20-8-10-21(48)11-9-20)43-33(53)24(16-28(40)50)42-32(52)23(12-13-27(39)49)41-31(51)22(38)17-47/h8-11,18-19,22-26,29-30,47-48H,5-7,12-17,38H2,1-4H3,(H2,39,49)(H2,40,50)(H,41,51)(H,42,52)(H,43,53)(H,44,55)(H,45,54)(H,57,58). The summed E-state index contributed by atoms with van der Waals surface area (Å²) in [6.45, 7) is 6.01. The van der Waals surface area contributed by atoms with Crippen LogP contribution in [0.3, 0.4) is 0 Å². The van der Waals surface area contributed by atoms with Crippen LogP contribution in [-0.4, -0.2) is 129 Å². The van der Waals surface area contributed by atoms with E-state index in [4.69, 9.17) is 17.2 Å². The highest BCUT2D eigenvalue weighted by Crippen LogP contribution is 2.22. The molecule has 0 saturated carbocycles. The predicted octanol–water partition coefficient (Wildman–Crippen LogP) is -3.40. The van der Waals surface area contributed by atoms with Crippen LogP contribution in [0, 0.1) is 11.8 Å². The SMILES string of the molecule is CCC(C)C(NC(=O)C1CCCN1C(=O)C(Cc1ccc(O)cc1)NC(=O)C(CC(N)=O)NC(=O)C(CCC(N)=O)NC(=O)C(N)CO)C(=O)NC(C(=O)O)C(C)C. The predicted molar refractivity (Wildman–Crippen MR) is 205 cm³/mol. The van der Waals surface area contributed by atoms with Crippen molar-refractivity contribution in [1.29, 1.82) is 0 Å².